The molecule has 1 heterocycles. The van der Waals surface area contributed by atoms with E-state index in [-0.39, 0.29) is 5.84 Å². The number of nitrogens with zero attached hydrogens (tertiary/aromatic N) is 2. The summed E-state index contributed by atoms with van der Waals surface area (Å²) >= 11 is 0. The monoisotopic (exact) mass is 154 g/mol. The molecule has 0 saturated carbocycles. The lowest BCUT2D eigenvalue weighted by molar-refractivity contribution is 0.317. The summed E-state index contributed by atoms with van der Waals surface area (Å²) in [6.45, 7) is 1.88. The maximum absolute atomic E-state index is 8.26. The van der Waals surface area contributed by atoms with Crippen LogP contribution in [-0.4, -0.2) is 21.2 Å². The van der Waals surface area contributed by atoms with Crippen molar-refractivity contribution in [1.29, 1.82) is 0 Å². The van der Waals surface area contributed by atoms with Gasteiger partial charge in [-0.3, -0.25) is 5.10 Å². The Labute approximate surface area is 63.9 Å². The Kier molecular flexibility index (Phi) is 2.10. The molecule has 1 rings (SSSR count). The highest BCUT2D eigenvalue weighted by molar-refractivity contribution is 5.82. The SMILES string of the molecule is Cc1[nH]ncc1C/C(N)=N/O. The number of aromatic amines is 1. The Bertz CT molecular complexity index is 265. The van der Waals surface area contributed by atoms with Gasteiger partial charge in [-0.05, 0) is 6.92 Å². The van der Waals surface area contributed by atoms with E-state index >= 15 is 0 Å². The van der Waals surface area contributed by atoms with Crippen molar-refractivity contribution in [1.82, 2.24) is 10.2 Å². The molecule has 0 spiro atoms. The van der Waals surface area contributed by atoms with Crippen molar-refractivity contribution in [2.45, 2.75) is 13.3 Å². The predicted octanol–water partition coefficient (Wildman–Crippen LogP) is 0.00702. The van der Waals surface area contributed by atoms with Gasteiger partial charge in [-0.15, -0.1) is 0 Å². The molecule has 11 heavy (non-hydrogen) atoms. The number of hydrogen-bond acceptors (Lipinski definition) is 3. The smallest absolute Gasteiger partial charge is 0.143 e. The molecule has 1 aromatic rings. The molecule has 0 saturated heterocycles. The van der Waals surface area contributed by atoms with Crippen molar-refractivity contribution in [3.8, 4) is 0 Å². The van der Waals surface area contributed by atoms with E-state index in [4.69, 9.17) is 10.9 Å². The lowest BCUT2D eigenvalue weighted by Gasteiger charge is -1.94. The van der Waals surface area contributed by atoms with E-state index in [9.17, 15) is 0 Å². The molecule has 0 aliphatic rings. The van der Waals surface area contributed by atoms with Gasteiger partial charge < -0.3 is 10.9 Å². The number of nitrogens with one attached hydrogen (secondary N) is 1. The van der Waals surface area contributed by atoms with E-state index < -0.39 is 0 Å². The number of aryl methyl sites for hydroxylation is 1. The van der Waals surface area contributed by atoms with Gasteiger partial charge in [0.05, 0.1) is 6.20 Å². The van der Waals surface area contributed by atoms with Gasteiger partial charge in [0, 0.05) is 17.7 Å². The van der Waals surface area contributed by atoms with Gasteiger partial charge in [0.1, 0.15) is 5.84 Å². The van der Waals surface area contributed by atoms with Gasteiger partial charge in [-0.2, -0.15) is 5.10 Å². The normalized spacial score (nSPS) is 11.9. The molecule has 0 amide bonds. The first-order valence-electron chi connectivity index (χ1n) is 3.19. The molecule has 0 atom stereocenters. The number of rotatable bonds is 2. The quantitative estimate of drug-likeness (QED) is 0.242. The van der Waals surface area contributed by atoms with Crippen LogP contribution < -0.4 is 5.73 Å². The minimum absolute atomic E-state index is 0.189. The molecule has 1 aromatic heterocycles. The Balaban J connectivity index is 2.72. The second kappa shape index (κ2) is 3.05. The van der Waals surface area contributed by atoms with Gasteiger partial charge in [0.25, 0.3) is 0 Å². The van der Waals surface area contributed by atoms with Gasteiger partial charge in [0.15, 0.2) is 0 Å². The van der Waals surface area contributed by atoms with E-state index in [0.717, 1.165) is 11.3 Å². The molecule has 0 aliphatic heterocycles. The van der Waals surface area contributed by atoms with Crippen molar-refractivity contribution in [2.24, 2.45) is 10.9 Å². The highest BCUT2D eigenvalue weighted by atomic mass is 16.4. The summed E-state index contributed by atoms with van der Waals surface area (Å²) in [6.07, 6.45) is 2.09. The van der Waals surface area contributed by atoms with Crippen LogP contribution in [-0.2, 0) is 6.42 Å². The second-order valence-corrected chi connectivity index (χ2v) is 2.29. The van der Waals surface area contributed by atoms with Crippen LogP contribution in [0.4, 0.5) is 0 Å². The molecule has 0 unspecified atom stereocenters. The van der Waals surface area contributed by atoms with Gasteiger partial charge in [0.2, 0.25) is 0 Å². The molecule has 0 aromatic carbocycles. The largest absolute Gasteiger partial charge is 0.409 e. The van der Waals surface area contributed by atoms with Crippen LogP contribution >= 0.6 is 0 Å². The molecular weight excluding hydrogens is 144 g/mol. The highest BCUT2D eigenvalue weighted by Gasteiger charge is 2.01. The van der Waals surface area contributed by atoms with Crippen LogP contribution in [0, 0.1) is 6.92 Å². The van der Waals surface area contributed by atoms with Crippen molar-refractivity contribution in [2.75, 3.05) is 0 Å². The summed E-state index contributed by atoms with van der Waals surface area (Å²) in [5, 5.41) is 17.7. The number of hydrogen-bond donors (Lipinski definition) is 3. The van der Waals surface area contributed by atoms with Crippen LogP contribution in [0.5, 0.6) is 0 Å². The summed E-state index contributed by atoms with van der Waals surface area (Å²) in [6, 6.07) is 0. The molecule has 0 aliphatic carbocycles. The number of amidine groups is 1. The first-order valence-corrected chi connectivity index (χ1v) is 3.19. The minimum atomic E-state index is 0.189. The highest BCUT2D eigenvalue weighted by Crippen LogP contribution is 2.02. The van der Waals surface area contributed by atoms with Crippen LogP contribution in [0.2, 0.25) is 0 Å². The lowest BCUT2D eigenvalue weighted by atomic mass is 10.2. The zero-order chi connectivity index (χ0) is 8.27. The second-order valence-electron chi connectivity index (χ2n) is 2.29. The molecule has 0 radical (unpaired) electrons. The van der Waals surface area contributed by atoms with Crippen LogP contribution in [0.25, 0.3) is 0 Å². The molecular formula is C6H10N4O. The Morgan fingerprint density at radius 1 is 1.91 bits per heavy atom. The fraction of sp³-hybridized carbons (Fsp3) is 0.333. The lowest BCUT2D eigenvalue weighted by Crippen LogP contribution is -2.14. The third-order valence-corrected chi connectivity index (χ3v) is 1.43. The minimum Gasteiger partial charge on any atom is -0.409 e. The molecule has 5 heteroatoms. The van der Waals surface area contributed by atoms with Crippen molar-refractivity contribution >= 4 is 5.84 Å². The standard InChI is InChI=1S/C6H10N4O/c1-4-5(3-8-9-4)2-6(7)10-11/h3,11H,2H2,1H3,(H2,7,10)(H,8,9). The molecule has 0 bridgehead atoms. The number of aromatic nitrogens is 2. The molecule has 5 nitrogen and oxygen atoms in total. The average molecular weight is 154 g/mol. The van der Waals surface area contributed by atoms with Crippen LogP contribution in [0.3, 0.4) is 0 Å². The topological polar surface area (TPSA) is 87.3 Å². The van der Waals surface area contributed by atoms with Gasteiger partial charge in [-0.25, -0.2) is 0 Å². The summed E-state index contributed by atoms with van der Waals surface area (Å²) in [7, 11) is 0. The fourth-order valence-electron chi connectivity index (χ4n) is 0.784. The number of nitrogens with two attached hydrogens (primary N) is 1. The third-order valence-electron chi connectivity index (χ3n) is 1.43. The van der Waals surface area contributed by atoms with E-state index in [0.29, 0.717) is 6.42 Å². The zero-order valence-corrected chi connectivity index (χ0v) is 6.20. The zero-order valence-electron chi connectivity index (χ0n) is 6.20. The Morgan fingerprint density at radius 2 is 2.64 bits per heavy atom. The predicted molar refractivity (Wildman–Crippen MR) is 40.4 cm³/mol. The van der Waals surface area contributed by atoms with E-state index in [2.05, 4.69) is 15.4 Å². The van der Waals surface area contributed by atoms with Gasteiger partial charge in [-0.1, -0.05) is 5.16 Å². The third kappa shape index (κ3) is 1.70. The Morgan fingerprint density at radius 3 is 3.09 bits per heavy atom. The van der Waals surface area contributed by atoms with Crippen LogP contribution in [0.1, 0.15) is 11.3 Å². The molecule has 60 valence electrons. The summed E-state index contributed by atoms with van der Waals surface area (Å²) < 4.78 is 0. The molecule has 0 fully saturated rings. The Hall–Kier alpha value is -1.52. The van der Waals surface area contributed by atoms with E-state index in [1.807, 2.05) is 6.92 Å². The first-order chi connectivity index (χ1) is 5.24. The van der Waals surface area contributed by atoms with Crippen molar-refractivity contribution in [3.05, 3.63) is 17.5 Å². The molecule has 4 N–H and O–H groups in total. The summed E-state index contributed by atoms with van der Waals surface area (Å²) in [4.78, 5) is 0. The number of oxime groups is 1. The summed E-state index contributed by atoms with van der Waals surface area (Å²) in [5.74, 6) is 0.189. The van der Waals surface area contributed by atoms with E-state index in [1.165, 1.54) is 0 Å². The van der Waals surface area contributed by atoms with Crippen molar-refractivity contribution in [3.63, 3.8) is 0 Å². The average Bonchev–Trinajstić information content (AvgIpc) is 2.37. The van der Waals surface area contributed by atoms with E-state index in [1.54, 1.807) is 6.20 Å². The number of H-pyrrole nitrogens is 1. The fourth-order valence-corrected chi connectivity index (χ4v) is 0.784. The van der Waals surface area contributed by atoms with Gasteiger partial charge >= 0.3 is 0 Å². The summed E-state index contributed by atoms with van der Waals surface area (Å²) in [5.41, 5.74) is 7.18. The maximum Gasteiger partial charge on any atom is 0.143 e. The van der Waals surface area contributed by atoms with Crippen LogP contribution in [0.15, 0.2) is 11.4 Å². The first kappa shape index (κ1) is 7.59. The maximum atomic E-state index is 8.26. The van der Waals surface area contributed by atoms with Crippen molar-refractivity contribution < 1.29 is 5.21 Å².